The minimum atomic E-state index is -0.172. The smallest absolute Gasteiger partial charge is 0.221 e. The van der Waals surface area contributed by atoms with Gasteiger partial charge in [-0.25, -0.2) is 0 Å². The van der Waals surface area contributed by atoms with Gasteiger partial charge in [-0.1, -0.05) is 43.7 Å². The van der Waals surface area contributed by atoms with Crippen LogP contribution in [-0.4, -0.2) is 18.6 Å². The molecule has 1 aliphatic rings. The van der Waals surface area contributed by atoms with Crippen molar-refractivity contribution in [3.63, 3.8) is 0 Å². The molecule has 2 aromatic rings. The van der Waals surface area contributed by atoms with Gasteiger partial charge in [-0.15, -0.1) is 0 Å². The molecule has 1 aromatic carbocycles. The third-order valence-corrected chi connectivity index (χ3v) is 5.45. The minimum Gasteiger partial charge on any atom is -0.467 e. The molecule has 1 fully saturated rings. The van der Waals surface area contributed by atoms with Gasteiger partial charge in [0.2, 0.25) is 5.91 Å². The summed E-state index contributed by atoms with van der Waals surface area (Å²) in [7, 11) is 0. The number of rotatable bonds is 6. The van der Waals surface area contributed by atoms with Crippen LogP contribution in [0.15, 0.2) is 47.1 Å². The molecule has 0 bridgehead atoms. The number of hydrogen-bond acceptors (Lipinski definition) is 3. The van der Waals surface area contributed by atoms with E-state index in [9.17, 15) is 4.79 Å². The maximum absolute atomic E-state index is 12.7. The molecular formula is C22H29NO3. The van der Waals surface area contributed by atoms with E-state index < -0.39 is 0 Å². The Labute approximate surface area is 155 Å². The first kappa shape index (κ1) is 18.7. The van der Waals surface area contributed by atoms with Crippen LogP contribution in [-0.2, 0) is 21.5 Å². The maximum atomic E-state index is 12.7. The predicted molar refractivity (Wildman–Crippen MR) is 102 cm³/mol. The molecule has 0 saturated carbocycles. The highest BCUT2D eigenvalue weighted by molar-refractivity contribution is 5.77. The molecule has 0 spiro atoms. The fraction of sp³-hybridized carbons (Fsp3) is 0.500. The molecule has 1 aliphatic heterocycles. The molecule has 1 N–H and O–H groups in total. The Morgan fingerprint density at radius 3 is 2.69 bits per heavy atom. The largest absolute Gasteiger partial charge is 0.467 e. The van der Waals surface area contributed by atoms with Crippen LogP contribution in [0.1, 0.15) is 50.0 Å². The van der Waals surface area contributed by atoms with Crippen molar-refractivity contribution in [2.45, 2.75) is 58.1 Å². The van der Waals surface area contributed by atoms with Gasteiger partial charge in [0.25, 0.3) is 0 Å². The summed E-state index contributed by atoms with van der Waals surface area (Å²) in [5.41, 5.74) is 2.30. The van der Waals surface area contributed by atoms with Gasteiger partial charge in [0.05, 0.1) is 18.9 Å². The molecule has 0 aliphatic carbocycles. The fourth-order valence-corrected chi connectivity index (χ4v) is 3.78. The molecule has 4 nitrogen and oxygen atoms in total. The van der Waals surface area contributed by atoms with Gasteiger partial charge < -0.3 is 14.5 Å². The molecule has 1 aromatic heterocycles. The van der Waals surface area contributed by atoms with E-state index >= 15 is 0 Å². The Bertz CT molecular complexity index is 705. The summed E-state index contributed by atoms with van der Waals surface area (Å²) < 4.78 is 11.3. The van der Waals surface area contributed by atoms with Crippen LogP contribution >= 0.6 is 0 Å². The van der Waals surface area contributed by atoms with E-state index in [1.54, 1.807) is 6.26 Å². The number of hydrogen-bond donors (Lipinski definition) is 1. The molecule has 140 valence electrons. The number of carbonyl (C=O) groups excluding carboxylic acids is 1. The number of ether oxygens (including phenoxy) is 1. The third-order valence-electron chi connectivity index (χ3n) is 5.45. The first-order valence-electron chi connectivity index (χ1n) is 9.46. The third kappa shape index (κ3) is 4.36. The first-order valence-corrected chi connectivity index (χ1v) is 9.46. The standard InChI is InChI=1S/C22H29NO3/c1-16(2)20-13-22(10-12-26-20,18-8-6-17(3)7-9-18)14-21(24)23-15-19-5-4-11-25-19/h4-9,11,16,20H,10,12-15H2,1-3H3,(H,23,24)/t20-,22+/m1/s1. The SMILES string of the molecule is Cc1ccc([C@@]2(CC(=O)NCc3ccco3)CCO[C@@H](C(C)C)C2)cc1. The normalized spacial score (nSPS) is 23.2. The van der Waals surface area contributed by atoms with Crippen molar-refractivity contribution in [3.8, 4) is 0 Å². The number of benzene rings is 1. The Morgan fingerprint density at radius 2 is 2.04 bits per heavy atom. The second kappa shape index (κ2) is 8.09. The van der Waals surface area contributed by atoms with Gasteiger partial charge >= 0.3 is 0 Å². The summed E-state index contributed by atoms with van der Waals surface area (Å²) in [4.78, 5) is 12.7. The zero-order chi connectivity index (χ0) is 18.6. The van der Waals surface area contributed by atoms with Crippen molar-refractivity contribution < 1.29 is 13.9 Å². The van der Waals surface area contributed by atoms with Gasteiger partial charge in [0.15, 0.2) is 0 Å². The molecule has 1 amide bonds. The lowest BCUT2D eigenvalue weighted by atomic mass is 9.68. The van der Waals surface area contributed by atoms with Crippen LogP contribution in [0.5, 0.6) is 0 Å². The Hall–Kier alpha value is -2.07. The number of furan rings is 1. The molecule has 0 unspecified atom stereocenters. The molecule has 1 saturated heterocycles. The van der Waals surface area contributed by atoms with Gasteiger partial charge in [-0.2, -0.15) is 0 Å². The van der Waals surface area contributed by atoms with Crippen LogP contribution < -0.4 is 5.32 Å². The second-order valence-corrected chi connectivity index (χ2v) is 7.79. The van der Waals surface area contributed by atoms with Crippen LogP contribution in [0.25, 0.3) is 0 Å². The van der Waals surface area contributed by atoms with Crippen molar-refractivity contribution in [1.29, 1.82) is 0 Å². The lowest BCUT2D eigenvalue weighted by Gasteiger charge is -2.42. The zero-order valence-corrected chi connectivity index (χ0v) is 16.0. The molecule has 2 atom stereocenters. The first-order chi connectivity index (χ1) is 12.5. The number of nitrogens with one attached hydrogen (secondary N) is 1. The van der Waals surface area contributed by atoms with Crippen LogP contribution in [0.4, 0.5) is 0 Å². The average molecular weight is 355 g/mol. The lowest BCUT2D eigenvalue weighted by molar-refractivity contribution is -0.125. The van der Waals surface area contributed by atoms with Crippen LogP contribution in [0, 0.1) is 12.8 Å². The quantitative estimate of drug-likeness (QED) is 0.837. The van der Waals surface area contributed by atoms with E-state index in [2.05, 4.69) is 50.4 Å². The molecule has 2 heterocycles. The fourth-order valence-electron chi connectivity index (χ4n) is 3.78. The molecular weight excluding hydrogens is 326 g/mol. The van der Waals surface area contributed by atoms with Crippen molar-refractivity contribution in [3.05, 3.63) is 59.5 Å². The number of amides is 1. The Morgan fingerprint density at radius 1 is 1.27 bits per heavy atom. The summed E-state index contributed by atoms with van der Waals surface area (Å²) in [6, 6.07) is 12.3. The maximum Gasteiger partial charge on any atom is 0.221 e. The highest BCUT2D eigenvalue weighted by atomic mass is 16.5. The summed E-state index contributed by atoms with van der Waals surface area (Å²) in [5, 5.41) is 3.01. The van der Waals surface area contributed by atoms with Crippen molar-refractivity contribution in [1.82, 2.24) is 5.32 Å². The number of carbonyl (C=O) groups is 1. The summed E-state index contributed by atoms with van der Waals surface area (Å²) in [5.74, 6) is 1.27. The van der Waals surface area contributed by atoms with Gasteiger partial charge in [0, 0.05) is 18.4 Å². The van der Waals surface area contributed by atoms with Gasteiger partial charge in [0.1, 0.15) is 5.76 Å². The van der Waals surface area contributed by atoms with E-state index in [1.807, 2.05) is 12.1 Å². The van der Waals surface area contributed by atoms with E-state index in [1.165, 1.54) is 11.1 Å². The van der Waals surface area contributed by atoms with Crippen molar-refractivity contribution in [2.75, 3.05) is 6.61 Å². The van der Waals surface area contributed by atoms with Crippen LogP contribution in [0.2, 0.25) is 0 Å². The van der Waals surface area contributed by atoms with E-state index in [0.29, 0.717) is 25.5 Å². The average Bonchev–Trinajstić information content (AvgIpc) is 3.14. The van der Waals surface area contributed by atoms with Gasteiger partial charge in [-0.05, 0) is 43.4 Å². The zero-order valence-electron chi connectivity index (χ0n) is 16.0. The minimum absolute atomic E-state index is 0.0615. The van der Waals surface area contributed by atoms with Crippen molar-refractivity contribution >= 4 is 5.91 Å². The van der Waals surface area contributed by atoms with Crippen molar-refractivity contribution in [2.24, 2.45) is 5.92 Å². The van der Waals surface area contributed by atoms with E-state index in [-0.39, 0.29) is 17.4 Å². The number of aryl methyl sites for hydroxylation is 1. The van der Waals surface area contributed by atoms with E-state index in [0.717, 1.165) is 18.6 Å². The second-order valence-electron chi connectivity index (χ2n) is 7.79. The van der Waals surface area contributed by atoms with Crippen LogP contribution in [0.3, 0.4) is 0 Å². The summed E-state index contributed by atoms with van der Waals surface area (Å²) in [6.45, 7) is 7.59. The summed E-state index contributed by atoms with van der Waals surface area (Å²) in [6.07, 6.45) is 4.03. The molecule has 3 rings (SSSR count). The summed E-state index contributed by atoms with van der Waals surface area (Å²) >= 11 is 0. The molecule has 26 heavy (non-hydrogen) atoms. The highest BCUT2D eigenvalue weighted by Gasteiger charge is 2.41. The molecule has 0 radical (unpaired) electrons. The topological polar surface area (TPSA) is 51.5 Å². The Balaban J connectivity index is 1.78. The highest BCUT2D eigenvalue weighted by Crippen LogP contribution is 2.42. The Kier molecular flexibility index (Phi) is 5.82. The lowest BCUT2D eigenvalue weighted by Crippen LogP contribution is -2.44. The molecule has 4 heteroatoms. The van der Waals surface area contributed by atoms with E-state index in [4.69, 9.17) is 9.15 Å². The van der Waals surface area contributed by atoms with Gasteiger partial charge in [-0.3, -0.25) is 4.79 Å². The predicted octanol–water partition coefficient (Wildman–Crippen LogP) is 4.37. The monoisotopic (exact) mass is 355 g/mol.